The first-order valence-electron chi connectivity index (χ1n) is 7.54. The third kappa shape index (κ3) is 8.30. The Morgan fingerprint density at radius 1 is 0.441 bits per heavy atom. The van der Waals surface area contributed by atoms with Crippen LogP contribution in [0.1, 0.15) is 0 Å². The van der Waals surface area contributed by atoms with Gasteiger partial charge in [0.15, 0.2) is 0 Å². The highest BCUT2D eigenvalue weighted by Gasteiger charge is 2.54. The van der Waals surface area contributed by atoms with Gasteiger partial charge in [-0.25, -0.2) is 0 Å². The number of rotatable bonds is 17. The molecule has 0 aliphatic carbocycles. The fourth-order valence-corrected chi connectivity index (χ4v) is 1.91. The second kappa shape index (κ2) is 13.5. The van der Waals surface area contributed by atoms with Gasteiger partial charge in [-0.3, -0.25) is 0 Å². The van der Waals surface area contributed by atoms with Crippen LogP contribution in [0.5, 0.6) is 0 Å². The SMILES string of the molecule is FN(F)CC(COC(C(OCC(CN(F)F)(N(F)F)N(F)F)N(F)F)N(F)F)(N(F)F)N(F)F. The van der Waals surface area contributed by atoms with Crippen molar-refractivity contribution in [2.45, 2.75) is 23.8 Å². The van der Waals surface area contributed by atoms with Crippen molar-refractivity contribution in [3.05, 3.63) is 0 Å². The fourth-order valence-electron chi connectivity index (χ4n) is 1.91. The molecule has 0 rings (SSSR count). The lowest BCUT2D eigenvalue weighted by Crippen LogP contribution is -2.61. The predicted octanol–water partition coefficient (Wildman–Crippen LogP) is 3.63. The van der Waals surface area contributed by atoms with Crippen LogP contribution in [-0.2, 0) is 9.47 Å². The molecule has 0 fully saturated rings. The highest BCUT2D eigenvalue weighted by Crippen LogP contribution is 2.30. The molecule has 0 bridgehead atoms. The fraction of sp³-hybridized carbons (Fsp3) is 1.00. The van der Waals surface area contributed by atoms with Gasteiger partial charge in [0.25, 0.3) is 0 Å². The molecule has 0 aromatic heterocycles. The molecule has 0 saturated heterocycles. The van der Waals surface area contributed by atoms with E-state index in [1.54, 1.807) is 0 Å². The van der Waals surface area contributed by atoms with Gasteiger partial charge in [-0.2, -0.15) is 0 Å². The van der Waals surface area contributed by atoms with Crippen molar-refractivity contribution < 1.29 is 81.2 Å². The van der Waals surface area contributed by atoms with Crippen LogP contribution in [0.2, 0.25) is 0 Å². The van der Waals surface area contributed by atoms with Crippen LogP contribution in [0, 0.1) is 0 Å². The van der Waals surface area contributed by atoms with E-state index in [0.717, 1.165) is 0 Å². The Balaban J connectivity index is 5.96. The van der Waals surface area contributed by atoms with Crippen LogP contribution in [0.15, 0.2) is 0 Å². The van der Waals surface area contributed by atoms with Crippen molar-refractivity contribution in [1.29, 1.82) is 0 Å². The van der Waals surface area contributed by atoms with Gasteiger partial charge < -0.3 is 9.47 Å². The van der Waals surface area contributed by atoms with Gasteiger partial charge in [0.05, 0.1) is 45.3 Å². The largest absolute Gasteiger partial charge is 0.350 e. The lowest BCUT2D eigenvalue weighted by molar-refractivity contribution is -0.428. The molecule has 0 aromatic rings. The van der Waals surface area contributed by atoms with E-state index in [2.05, 4.69) is 9.47 Å². The van der Waals surface area contributed by atoms with Crippen LogP contribution in [0.3, 0.4) is 0 Å². The topological polar surface area (TPSA) is 44.4 Å². The molecule has 34 heavy (non-hydrogen) atoms. The van der Waals surface area contributed by atoms with Gasteiger partial charge in [-0.05, 0) is 0 Å². The summed E-state index contributed by atoms with van der Waals surface area (Å²) in [6.07, 6.45) is -7.85. The Bertz CT molecular complexity index is 511. The van der Waals surface area contributed by atoms with E-state index in [1.165, 1.54) is 0 Å². The maximum absolute atomic E-state index is 13.0. The zero-order valence-corrected chi connectivity index (χ0v) is 15.4. The summed E-state index contributed by atoms with van der Waals surface area (Å²) in [7, 11) is 0. The molecule has 0 N–H and O–H groups in total. The van der Waals surface area contributed by atoms with E-state index >= 15 is 0 Å². The Labute approximate surface area is 175 Å². The summed E-state index contributed by atoms with van der Waals surface area (Å²) in [5.41, 5.74) is -9.23. The number of nitrogens with zero attached hydrogens (tertiary/aromatic N) is 8. The van der Waals surface area contributed by atoms with Gasteiger partial charge >= 0.3 is 0 Å². The van der Waals surface area contributed by atoms with Crippen LogP contribution in [-0.4, -0.2) is 92.8 Å². The van der Waals surface area contributed by atoms with E-state index in [9.17, 15) is 71.7 Å². The average molecular weight is 554 g/mol. The van der Waals surface area contributed by atoms with E-state index in [0.29, 0.717) is 0 Å². The lowest BCUT2D eigenvalue weighted by Gasteiger charge is -2.36. The summed E-state index contributed by atoms with van der Waals surface area (Å²) in [6, 6.07) is 0. The standard InChI is InChI=1S/C8H10F16N8O2/c9-25(10)1-7(29(17)18,30(19)20)3-33-5(27(13)14)6(28(15)16)34-4-8(31(21)22,32(23)24)2-26(11)12/h5-6H,1-4H2. The molecule has 0 aliphatic heterocycles. The van der Waals surface area contributed by atoms with Crippen molar-refractivity contribution in [3.8, 4) is 0 Å². The molecule has 2 atom stereocenters. The van der Waals surface area contributed by atoms with Crippen molar-refractivity contribution in [2.24, 2.45) is 0 Å². The van der Waals surface area contributed by atoms with Crippen LogP contribution in [0.25, 0.3) is 0 Å². The Morgan fingerprint density at radius 2 is 0.676 bits per heavy atom. The maximum Gasteiger partial charge on any atom is 0.236 e. The van der Waals surface area contributed by atoms with E-state index in [-0.39, 0.29) is 0 Å². The van der Waals surface area contributed by atoms with Crippen LogP contribution in [0.4, 0.5) is 71.7 Å². The number of hydrogen-bond acceptors (Lipinski definition) is 10. The Kier molecular flexibility index (Phi) is 12.9. The Morgan fingerprint density at radius 3 is 0.824 bits per heavy atom. The Hall–Kier alpha value is -1.52. The zero-order valence-electron chi connectivity index (χ0n) is 15.4. The maximum atomic E-state index is 13.0. The third-order valence-electron chi connectivity index (χ3n) is 3.60. The quantitative estimate of drug-likeness (QED) is 0.151. The number of hydrogen-bond donors (Lipinski definition) is 0. The molecular weight excluding hydrogens is 544 g/mol. The van der Waals surface area contributed by atoms with E-state index in [4.69, 9.17) is 0 Å². The summed E-state index contributed by atoms with van der Waals surface area (Å²) in [6.45, 7) is -10.8. The van der Waals surface area contributed by atoms with Crippen molar-refractivity contribution in [1.82, 2.24) is 42.8 Å². The summed E-state index contributed by atoms with van der Waals surface area (Å²) in [5.74, 6) is 0. The molecule has 0 radical (unpaired) electrons. The summed E-state index contributed by atoms with van der Waals surface area (Å²) in [4.78, 5) is 0. The van der Waals surface area contributed by atoms with E-state index in [1.807, 2.05) is 0 Å². The smallest absolute Gasteiger partial charge is 0.236 e. The van der Waals surface area contributed by atoms with Crippen LogP contribution >= 0.6 is 0 Å². The molecule has 10 nitrogen and oxygen atoms in total. The minimum Gasteiger partial charge on any atom is -0.350 e. The van der Waals surface area contributed by atoms with Gasteiger partial charge in [0, 0.05) is 10.7 Å². The zero-order chi connectivity index (χ0) is 27.0. The highest BCUT2D eigenvalue weighted by molar-refractivity contribution is 4.82. The third-order valence-corrected chi connectivity index (χ3v) is 3.60. The summed E-state index contributed by atoms with van der Waals surface area (Å²) in [5, 5.41) is -20.6. The average Bonchev–Trinajstić information content (AvgIpc) is 2.65. The molecule has 206 valence electrons. The summed E-state index contributed by atoms with van der Waals surface area (Å²) < 4.78 is 211. The first kappa shape index (κ1) is 32.5. The monoisotopic (exact) mass is 554 g/mol. The number of ether oxygens (including phenoxy) is 2. The predicted molar refractivity (Wildman–Crippen MR) is 67.1 cm³/mol. The molecule has 0 amide bonds. The first-order chi connectivity index (χ1) is 15.4. The van der Waals surface area contributed by atoms with Gasteiger partial charge in [-0.1, -0.05) is 53.8 Å². The highest BCUT2D eigenvalue weighted by atomic mass is 19.4. The second-order valence-electron chi connectivity index (χ2n) is 5.74. The van der Waals surface area contributed by atoms with Crippen molar-refractivity contribution in [3.63, 3.8) is 0 Å². The summed E-state index contributed by atoms with van der Waals surface area (Å²) >= 11 is 0. The minimum atomic E-state index is -4.62. The molecule has 2 unspecified atom stereocenters. The molecular formula is C8H10F16N8O2. The van der Waals surface area contributed by atoms with E-state index < -0.39 is 92.8 Å². The molecule has 26 heteroatoms. The number of halogens is 16. The molecule has 0 aliphatic rings. The van der Waals surface area contributed by atoms with Crippen LogP contribution < -0.4 is 0 Å². The molecule has 0 spiro atoms. The second-order valence-corrected chi connectivity index (χ2v) is 5.74. The van der Waals surface area contributed by atoms with Crippen molar-refractivity contribution >= 4 is 0 Å². The van der Waals surface area contributed by atoms with Gasteiger partial charge in [-0.15, -0.1) is 17.9 Å². The molecule has 0 saturated carbocycles. The van der Waals surface area contributed by atoms with Crippen molar-refractivity contribution in [2.75, 3.05) is 26.3 Å². The first-order valence-corrected chi connectivity index (χ1v) is 7.54. The molecule has 0 aromatic carbocycles. The van der Waals surface area contributed by atoms with Gasteiger partial charge in [0.2, 0.25) is 23.8 Å². The van der Waals surface area contributed by atoms with Gasteiger partial charge in [0.1, 0.15) is 13.1 Å². The molecule has 0 heterocycles. The minimum absolute atomic E-state index is 2.33. The normalized spacial score (nSPS) is 15.9. The lowest BCUT2D eigenvalue weighted by atomic mass is 10.2.